The first-order valence-electron chi connectivity index (χ1n) is 22.3. The molecule has 0 aromatic heterocycles. The van der Waals surface area contributed by atoms with E-state index in [9.17, 15) is 19.0 Å². The van der Waals surface area contributed by atoms with Gasteiger partial charge in [-0.15, -0.1) is 0 Å². The summed E-state index contributed by atoms with van der Waals surface area (Å²) in [7, 11) is -4.38. The standard InChI is InChI=1S/C44H84NO8P/c1-3-5-7-9-11-13-15-17-19-21-23-24-26-28-30-32-34-36-43(46)50-40-42(41-52-54(48,49)51-39-38-45)53-44(47)37-35-33-31-29-27-25-22-20-18-16-14-12-10-8-6-4-2/h14,16,20,22,42H,3-13,15,17-19,21,23-41,45H2,1-2H3,(H,48,49)/b16-14-,22-20-. The summed E-state index contributed by atoms with van der Waals surface area (Å²) in [6.07, 6.45) is 43.5. The Balaban J connectivity index is 4.13. The number of carbonyl (C=O) groups excluding carboxylic acids is 2. The molecule has 3 N–H and O–H groups in total. The second kappa shape index (κ2) is 41.1. The molecule has 0 fully saturated rings. The predicted octanol–water partition coefficient (Wildman–Crippen LogP) is 12.8. The lowest BCUT2D eigenvalue weighted by Gasteiger charge is -2.19. The van der Waals surface area contributed by atoms with E-state index in [1.165, 1.54) is 122 Å². The van der Waals surface area contributed by atoms with E-state index >= 15 is 0 Å². The van der Waals surface area contributed by atoms with Crippen LogP contribution >= 0.6 is 7.82 Å². The van der Waals surface area contributed by atoms with Crippen molar-refractivity contribution in [3.05, 3.63) is 24.3 Å². The van der Waals surface area contributed by atoms with Crippen LogP contribution in [0.1, 0.15) is 213 Å². The number of phosphoric acid groups is 1. The van der Waals surface area contributed by atoms with E-state index in [4.69, 9.17) is 24.3 Å². The SMILES string of the molecule is CCCCCC/C=C\C/C=C\CCCCCCCC(=O)OC(COC(=O)CCCCCCCCCCCCCCCCCCC)COP(=O)(O)OCCN. The van der Waals surface area contributed by atoms with Crippen molar-refractivity contribution in [3.63, 3.8) is 0 Å². The summed E-state index contributed by atoms with van der Waals surface area (Å²) in [6.45, 7) is 3.72. The van der Waals surface area contributed by atoms with Crippen LogP contribution < -0.4 is 5.73 Å². The third kappa shape index (κ3) is 40.2. The molecule has 0 aliphatic carbocycles. The monoisotopic (exact) mass is 786 g/mol. The van der Waals surface area contributed by atoms with Crippen molar-refractivity contribution in [1.29, 1.82) is 0 Å². The molecule has 318 valence electrons. The van der Waals surface area contributed by atoms with Crippen LogP contribution in [0.3, 0.4) is 0 Å². The van der Waals surface area contributed by atoms with Crippen molar-refractivity contribution >= 4 is 19.8 Å². The number of rotatable bonds is 42. The number of allylic oxidation sites excluding steroid dienone is 4. The Morgan fingerprint density at radius 3 is 1.43 bits per heavy atom. The molecule has 0 rings (SSSR count). The van der Waals surface area contributed by atoms with E-state index in [1.807, 2.05) is 0 Å². The van der Waals surface area contributed by atoms with Crippen LogP contribution in [0.15, 0.2) is 24.3 Å². The van der Waals surface area contributed by atoms with Gasteiger partial charge in [-0.2, -0.15) is 0 Å². The van der Waals surface area contributed by atoms with Gasteiger partial charge in [-0.1, -0.05) is 179 Å². The molecule has 10 heteroatoms. The minimum absolute atomic E-state index is 0.0525. The lowest BCUT2D eigenvalue weighted by molar-refractivity contribution is -0.161. The Labute approximate surface area is 332 Å². The molecular weight excluding hydrogens is 701 g/mol. The highest BCUT2D eigenvalue weighted by Gasteiger charge is 2.26. The Morgan fingerprint density at radius 1 is 0.556 bits per heavy atom. The van der Waals surface area contributed by atoms with Crippen molar-refractivity contribution in [3.8, 4) is 0 Å². The summed E-state index contributed by atoms with van der Waals surface area (Å²) < 4.78 is 32.8. The van der Waals surface area contributed by atoms with E-state index in [1.54, 1.807) is 0 Å². The van der Waals surface area contributed by atoms with Gasteiger partial charge < -0.3 is 20.1 Å². The topological polar surface area (TPSA) is 134 Å². The molecule has 2 unspecified atom stereocenters. The average molecular weight is 786 g/mol. The van der Waals surface area contributed by atoms with Gasteiger partial charge in [0.05, 0.1) is 13.2 Å². The van der Waals surface area contributed by atoms with E-state index in [0.29, 0.717) is 6.42 Å². The number of unbranched alkanes of at least 4 members (excludes halogenated alkanes) is 25. The second-order valence-corrected chi connectivity index (χ2v) is 16.4. The molecular formula is C44H84NO8P. The molecule has 0 bridgehead atoms. The lowest BCUT2D eigenvalue weighted by atomic mass is 10.0. The van der Waals surface area contributed by atoms with Gasteiger partial charge in [0.25, 0.3) is 0 Å². The van der Waals surface area contributed by atoms with Crippen molar-refractivity contribution in [2.45, 2.75) is 219 Å². The molecule has 0 amide bonds. The van der Waals surface area contributed by atoms with Crippen molar-refractivity contribution < 1.29 is 37.6 Å². The zero-order valence-corrected chi connectivity index (χ0v) is 35.9. The summed E-state index contributed by atoms with van der Waals surface area (Å²) in [5.41, 5.74) is 5.35. The van der Waals surface area contributed by atoms with Crippen LogP contribution in [0, 0.1) is 0 Å². The molecule has 0 saturated carbocycles. The molecule has 0 aromatic rings. The fourth-order valence-corrected chi connectivity index (χ4v) is 7.02. The smallest absolute Gasteiger partial charge is 0.462 e. The molecule has 0 aliphatic rings. The van der Waals surface area contributed by atoms with E-state index in [0.717, 1.165) is 57.8 Å². The third-order valence-corrected chi connectivity index (χ3v) is 10.6. The summed E-state index contributed by atoms with van der Waals surface area (Å²) in [4.78, 5) is 34.9. The van der Waals surface area contributed by atoms with Gasteiger partial charge in [-0.05, 0) is 44.9 Å². The Morgan fingerprint density at radius 2 is 0.963 bits per heavy atom. The fourth-order valence-electron chi connectivity index (χ4n) is 6.25. The largest absolute Gasteiger partial charge is 0.472 e. The zero-order chi connectivity index (χ0) is 39.6. The van der Waals surface area contributed by atoms with Gasteiger partial charge in [-0.3, -0.25) is 18.6 Å². The Kier molecular flexibility index (Phi) is 40.0. The summed E-state index contributed by atoms with van der Waals surface area (Å²) in [5.74, 6) is -0.836. The number of ether oxygens (including phenoxy) is 2. The molecule has 0 saturated heterocycles. The van der Waals surface area contributed by atoms with E-state index < -0.39 is 26.5 Å². The first-order chi connectivity index (χ1) is 26.3. The molecule has 0 radical (unpaired) electrons. The van der Waals surface area contributed by atoms with Crippen molar-refractivity contribution in [2.24, 2.45) is 5.73 Å². The lowest BCUT2D eigenvalue weighted by Crippen LogP contribution is -2.29. The minimum Gasteiger partial charge on any atom is -0.462 e. The molecule has 0 heterocycles. The van der Waals surface area contributed by atoms with Gasteiger partial charge in [0, 0.05) is 19.4 Å². The van der Waals surface area contributed by atoms with Gasteiger partial charge in [0.15, 0.2) is 6.10 Å². The molecule has 0 spiro atoms. The number of carbonyl (C=O) groups is 2. The van der Waals surface area contributed by atoms with E-state index in [2.05, 4.69) is 38.2 Å². The van der Waals surface area contributed by atoms with Crippen LogP contribution in [-0.2, 0) is 32.7 Å². The van der Waals surface area contributed by atoms with Crippen LogP contribution in [0.2, 0.25) is 0 Å². The summed E-state index contributed by atoms with van der Waals surface area (Å²) in [5, 5.41) is 0. The van der Waals surface area contributed by atoms with Gasteiger partial charge in [0.2, 0.25) is 0 Å². The number of nitrogens with two attached hydrogens (primary N) is 1. The fraction of sp³-hybridized carbons (Fsp3) is 0.864. The molecule has 2 atom stereocenters. The van der Waals surface area contributed by atoms with Gasteiger partial charge >= 0.3 is 19.8 Å². The highest BCUT2D eigenvalue weighted by atomic mass is 31.2. The van der Waals surface area contributed by atoms with Crippen molar-refractivity contribution in [1.82, 2.24) is 0 Å². The summed E-state index contributed by atoms with van der Waals surface area (Å²) in [6, 6.07) is 0. The number of hydrogen-bond acceptors (Lipinski definition) is 8. The number of phosphoric ester groups is 1. The quantitative estimate of drug-likeness (QED) is 0.0268. The third-order valence-electron chi connectivity index (χ3n) is 9.59. The normalized spacial score (nSPS) is 13.5. The van der Waals surface area contributed by atoms with Crippen molar-refractivity contribution in [2.75, 3.05) is 26.4 Å². The molecule has 0 aliphatic heterocycles. The second-order valence-electron chi connectivity index (χ2n) is 14.9. The highest BCUT2D eigenvalue weighted by molar-refractivity contribution is 7.47. The Bertz CT molecular complexity index is 944. The number of hydrogen-bond donors (Lipinski definition) is 2. The Hall–Kier alpha value is -1.51. The first-order valence-corrected chi connectivity index (χ1v) is 23.8. The highest BCUT2D eigenvalue weighted by Crippen LogP contribution is 2.43. The van der Waals surface area contributed by atoms with Crippen LogP contribution in [0.4, 0.5) is 0 Å². The van der Waals surface area contributed by atoms with Crippen LogP contribution in [0.5, 0.6) is 0 Å². The van der Waals surface area contributed by atoms with Gasteiger partial charge in [0.1, 0.15) is 6.61 Å². The van der Waals surface area contributed by atoms with Gasteiger partial charge in [-0.25, -0.2) is 4.57 Å². The first kappa shape index (κ1) is 52.5. The number of esters is 2. The maximum atomic E-state index is 12.6. The van der Waals surface area contributed by atoms with Crippen LogP contribution in [-0.4, -0.2) is 49.3 Å². The molecule has 54 heavy (non-hydrogen) atoms. The minimum atomic E-state index is -4.38. The maximum Gasteiger partial charge on any atom is 0.472 e. The maximum absolute atomic E-state index is 12.6. The predicted molar refractivity (Wildman–Crippen MR) is 224 cm³/mol. The molecule has 0 aromatic carbocycles. The molecule has 9 nitrogen and oxygen atoms in total. The van der Waals surface area contributed by atoms with E-state index in [-0.39, 0.29) is 38.6 Å². The zero-order valence-electron chi connectivity index (χ0n) is 35.0. The summed E-state index contributed by atoms with van der Waals surface area (Å²) >= 11 is 0. The van der Waals surface area contributed by atoms with Crippen LogP contribution in [0.25, 0.3) is 0 Å². The average Bonchev–Trinajstić information content (AvgIpc) is 3.16.